The number of benzene rings is 2. The molecule has 0 saturated heterocycles. The molecule has 0 unspecified atom stereocenters. The predicted molar refractivity (Wildman–Crippen MR) is 106 cm³/mol. The summed E-state index contributed by atoms with van der Waals surface area (Å²) in [4.78, 5) is 24.1. The van der Waals surface area contributed by atoms with E-state index in [-0.39, 0.29) is 36.0 Å². The Hall–Kier alpha value is -2.61. The molecule has 0 radical (unpaired) electrons. The minimum absolute atomic E-state index is 0.0162. The van der Waals surface area contributed by atoms with Crippen molar-refractivity contribution in [2.24, 2.45) is 0 Å². The van der Waals surface area contributed by atoms with E-state index in [2.05, 4.69) is 10.6 Å². The zero-order chi connectivity index (χ0) is 22.5. The van der Waals surface area contributed by atoms with Crippen LogP contribution in [0.1, 0.15) is 41.8 Å². The summed E-state index contributed by atoms with van der Waals surface area (Å²) in [5.74, 6) is -1.49. The highest BCUT2D eigenvalue weighted by Crippen LogP contribution is 2.32. The summed E-state index contributed by atoms with van der Waals surface area (Å²) < 4.78 is 51.8. The minimum Gasteiger partial charge on any atom is -0.355 e. The van der Waals surface area contributed by atoms with Crippen LogP contribution in [0.25, 0.3) is 0 Å². The second-order valence-electron chi connectivity index (χ2n) is 7.37. The van der Waals surface area contributed by atoms with Gasteiger partial charge in [0.2, 0.25) is 5.91 Å². The van der Waals surface area contributed by atoms with Crippen molar-refractivity contribution >= 4 is 23.4 Å². The summed E-state index contributed by atoms with van der Waals surface area (Å²) in [5.41, 5.74) is -0.954. The number of nitrogens with one attached hydrogen (secondary N) is 2. The Labute approximate surface area is 176 Å². The Morgan fingerprint density at radius 2 is 1.67 bits per heavy atom. The molecule has 0 aliphatic carbocycles. The normalized spacial score (nSPS) is 11.8. The van der Waals surface area contributed by atoms with Gasteiger partial charge in [-0.2, -0.15) is 13.2 Å². The zero-order valence-electron chi connectivity index (χ0n) is 16.4. The van der Waals surface area contributed by atoms with Gasteiger partial charge in [0.15, 0.2) is 0 Å². The van der Waals surface area contributed by atoms with Gasteiger partial charge in [-0.25, -0.2) is 4.39 Å². The van der Waals surface area contributed by atoms with Crippen LogP contribution in [-0.2, 0) is 16.4 Å². The molecule has 2 rings (SSSR count). The fourth-order valence-corrected chi connectivity index (χ4v) is 2.94. The smallest absolute Gasteiger partial charge is 0.355 e. The van der Waals surface area contributed by atoms with E-state index >= 15 is 0 Å². The van der Waals surface area contributed by atoms with E-state index in [1.54, 1.807) is 19.9 Å². The molecule has 0 saturated carbocycles. The monoisotopic (exact) mass is 444 g/mol. The SMILES string of the molecule is CC(C)(CNC(=O)CCNC(=O)c1ccc(F)cc1Cl)c1cccc(C(F)(F)F)c1. The number of carbonyl (C=O) groups is 2. The minimum atomic E-state index is -4.44. The summed E-state index contributed by atoms with van der Waals surface area (Å²) in [5, 5.41) is 5.13. The number of hydrogen-bond acceptors (Lipinski definition) is 2. The van der Waals surface area contributed by atoms with Gasteiger partial charge in [-0.1, -0.05) is 43.6 Å². The van der Waals surface area contributed by atoms with Crippen LogP contribution in [0.3, 0.4) is 0 Å². The van der Waals surface area contributed by atoms with Crippen molar-refractivity contribution in [2.75, 3.05) is 13.1 Å². The molecule has 0 aliphatic heterocycles. The second kappa shape index (κ2) is 9.47. The van der Waals surface area contributed by atoms with Gasteiger partial charge in [0, 0.05) is 24.9 Å². The van der Waals surface area contributed by atoms with Gasteiger partial charge in [-0.15, -0.1) is 0 Å². The average molecular weight is 445 g/mol. The molecule has 0 bridgehead atoms. The van der Waals surface area contributed by atoms with Crippen molar-refractivity contribution in [2.45, 2.75) is 31.9 Å². The molecule has 162 valence electrons. The molecule has 0 aliphatic rings. The maximum absolute atomic E-state index is 13.0. The number of carbonyl (C=O) groups excluding carboxylic acids is 2. The van der Waals surface area contributed by atoms with Crippen LogP contribution in [0.5, 0.6) is 0 Å². The molecule has 2 amide bonds. The largest absolute Gasteiger partial charge is 0.416 e. The van der Waals surface area contributed by atoms with Crippen LogP contribution < -0.4 is 10.6 Å². The van der Waals surface area contributed by atoms with Crippen LogP contribution in [0.4, 0.5) is 17.6 Å². The van der Waals surface area contributed by atoms with E-state index in [0.717, 1.165) is 24.3 Å². The molecule has 2 aromatic rings. The summed E-state index contributed by atoms with van der Waals surface area (Å²) in [6.07, 6.45) is -4.48. The highest BCUT2D eigenvalue weighted by atomic mass is 35.5. The molecule has 0 atom stereocenters. The molecule has 2 aromatic carbocycles. The first kappa shape index (κ1) is 23.7. The van der Waals surface area contributed by atoms with E-state index in [0.29, 0.717) is 5.56 Å². The fraction of sp³-hybridized carbons (Fsp3) is 0.333. The molecule has 0 fully saturated rings. The maximum Gasteiger partial charge on any atom is 0.416 e. The number of halogens is 5. The van der Waals surface area contributed by atoms with Gasteiger partial charge in [0.25, 0.3) is 5.91 Å². The van der Waals surface area contributed by atoms with Gasteiger partial charge in [0.1, 0.15) is 5.82 Å². The van der Waals surface area contributed by atoms with Gasteiger partial charge < -0.3 is 10.6 Å². The number of alkyl halides is 3. The maximum atomic E-state index is 13.0. The van der Waals surface area contributed by atoms with E-state index in [1.807, 2.05) is 0 Å². The van der Waals surface area contributed by atoms with Crippen molar-refractivity contribution in [3.63, 3.8) is 0 Å². The number of hydrogen-bond donors (Lipinski definition) is 2. The molecular formula is C21H21ClF4N2O2. The van der Waals surface area contributed by atoms with E-state index in [1.165, 1.54) is 12.1 Å². The lowest BCUT2D eigenvalue weighted by molar-refractivity contribution is -0.137. The average Bonchev–Trinajstić information content (AvgIpc) is 2.66. The Balaban J connectivity index is 1.86. The number of rotatable bonds is 7. The Morgan fingerprint density at radius 3 is 2.30 bits per heavy atom. The van der Waals surface area contributed by atoms with Crippen molar-refractivity contribution in [1.82, 2.24) is 10.6 Å². The Morgan fingerprint density at radius 1 is 1.00 bits per heavy atom. The van der Waals surface area contributed by atoms with Crippen molar-refractivity contribution in [1.29, 1.82) is 0 Å². The van der Waals surface area contributed by atoms with Crippen LogP contribution in [0.15, 0.2) is 42.5 Å². The molecule has 4 nitrogen and oxygen atoms in total. The lowest BCUT2D eigenvalue weighted by Crippen LogP contribution is -2.38. The second-order valence-corrected chi connectivity index (χ2v) is 7.78. The Kier molecular flexibility index (Phi) is 7.47. The first-order valence-electron chi connectivity index (χ1n) is 9.08. The van der Waals surface area contributed by atoms with Crippen molar-refractivity contribution in [3.8, 4) is 0 Å². The first-order valence-corrected chi connectivity index (χ1v) is 9.45. The van der Waals surface area contributed by atoms with Crippen molar-refractivity contribution < 1.29 is 27.2 Å². The first-order chi connectivity index (χ1) is 13.9. The lowest BCUT2D eigenvalue weighted by atomic mass is 9.83. The van der Waals surface area contributed by atoms with Crippen molar-refractivity contribution in [3.05, 3.63) is 70.0 Å². The highest BCUT2D eigenvalue weighted by molar-refractivity contribution is 6.33. The molecule has 0 heterocycles. The fourth-order valence-electron chi connectivity index (χ4n) is 2.68. The molecule has 0 aromatic heterocycles. The molecule has 30 heavy (non-hydrogen) atoms. The molecule has 0 spiro atoms. The number of amides is 2. The topological polar surface area (TPSA) is 58.2 Å². The zero-order valence-corrected chi connectivity index (χ0v) is 17.1. The van der Waals surface area contributed by atoms with Crippen LogP contribution in [0, 0.1) is 5.82 Å². The van der Waals surface area contributed by atoms with E-state index in [4.69, 9.17) is 11.6 Å². The molecule has 9 heteroatoms. The Bertz CT molecular complexity index is 929. The van der Waals surface area contributed by atoms with E-state index < -0.39 is 28.9 Å². The van der Waals surface area contributed by atoms with Crippen LogP contribution in [0.2, 0.25) is 5.02 Å². The molecule has 2 N–H and O–H groups in total. The lowest BCUT2D eigenvalue weighted by Gasteiger charge is -2.26. The van der Waals surface area contributed by atoms with E-state index in [9.17, 15) is 27.2 Å². The third kappa shape index (κ3) is 6.45. The van der Waals surface area contributed by atoms with Gasteiger partial charge >= 0.3 is 6.18 Å². The highest BCUT2D eigenvalue weighted by Gasteiger charge is 2.32. The quantitative estimate of drug-likeness (QED) is 0.607. The van der Waals surface area contributed by atoms with Gasteiger partial charge in [0.05, 0.1) is 16.1 Å². The van der Waals surface area contributed by atoms with Gasteiger partial charge in [-0.3, -0.25) is 9.59 Å². The summed E-state index contributed by atoms with van der Waals surface area (Å²) in [7, 11) is 0. The third-order valence-electron chi connectivity index (χ3n) is 4.51. The summed E-state index contributed by atoms with van der Waals surface area (Å²) >= 11 is 5.81. The van der Waals surface area contributed by atoms with Crippen LogP contribution in [-0.4, -0.2) is 24.9 Å². The predicted octanol–water partition coefficient (Wildman–Crippen LogP) is 4.71. The third-order valence-corrected chi connectivity index (χ3v) is 4.82. The van der Waals surface area contributed by atoms with Crippen LogP contribution >= 0.6 is 11.6 Å². The summed E-state index contributed by atoms with van der Waals surface area (Å²) in [6, 6.07) is 8.33. The summed E-state index contributed by atoms with van der Waals surface area (Å²) in [6.45, 7) is 3.58. The standard InChI is InChI=1S/C21H21ClF4N2O2/c1-20(2,13-4-3-5-14(10-13)21(24,25)26)12-28-18(29)8-9-27-19(30)16-7-6-15(23)11-17(16)22/h3-7,10-11H,8-9,12H2,1-2H3,(H,27,30)(H,28,29). The van der Waals surface area contributed by atoms with Gasteiger partial charge in [-0.05, 0) is 29.8 Å². The molecular weight excluding hydrogens is 424 g/mol.